The fourth-order valence-electron chi connectivity index (χ4n) is 2.21. The summed E-state index contributed by atoms with van der Waals surface area (Å²) in [6.45, 7) is 6.36. The zero-order valence-electron chi connectivity index (χ0n) is 13.8. The average Bonchev–Trinajstić information content (AvgIpc) is 3.12. The number of rotatable bonds is 7. The summed E-state index contributed by atoms with van der Waals surface area (Å²) in [6, 6.07) is -0.817. The van der Waals surface area contributed by atoms with Gasteiger partial charge in [0.15, 0.2) is 0 Å². The molecule has 0 aromatic carbocycles. The second kappa shape index (κ2) is 7.48. The number of aliphatic carboxylic acids is 1. The second-order valence-corrected chi connectivity index (χ2v) is 5.92. The molecule has 8 nitrogen and oxygen atoms in total. The minimum Gasteiger partial charge on any atom is -0.480 e. The van der Waals surface area contributed by atoms with Gasteiger partial charge < -0.3 is 10.4 Å². The molecule has 130 valence electrons. The van der Waals surface area contributed by atoms with Gasteiger partial charge in [-0.25, -0.2) is 4.79 Å². The van der Waals surface area contributed by atoms with Crippen LogP contribution in [0.4, 0.5) is 0 Å². The first-order chi connectivity index (χ1) is 11.3. The van der Waals surface area contributed by atoms with E-state index in [1.165, 1.54) is 24.0 Å². The van der Waals surface area contributed by atoms with E-state index in [1.807, 2.05) is 18.5 Å². The number of aryl methyl sites for hydroxylation is 2. The minimum absolute atomic E-state index is 0.287. The Morgan fingerprint density at radius 1 is 1.42 bits per heavy atom. The number of carboxylic acid groups (broad SMARTS) is 1. The predicted molar refractivity (Wildman–Crippen MR) is 88.2 cm³/mol. The van der Waals surface area contributed by atoms with Gasteiger partial charge in [-0.3, -0.25) is 14.2 Å². The Hall–Kier alpha value is -2.35. The van der Waals surface area contributed by atoms with Gasteiger partial charge in [0, 0.05) is 19.3 Å². The van der Waals surface area contributed by atoms with Gasteiger partial charge in [0.1, 0.15) is 6.04 Å². The van der Waals surface area contributed by atoms with E-state index in [4.69, 9.17) is 16.7 Å². The molecule has 2 aromatic rings. The molecule has 0 radical (unpaired) electrons. The van der Waals surface area contributed by atoms with Crippen molar-refractivity contribution >= 4 is 23.5 Å². The third kappa shape index (κ3) is 3.94. The van der Waals surface area contributed by atoms with Gasteiger partial charge in [0.05, 0.1) is 28.2 Å². The van der Waals surface area contributed by atoms with E-state index in [0.29, 0.717) is 30.1 Å². The lowest BCUT2D eigenvalue weighted by molar-refractivity contribution is -0.140. The molecule has 1 atom stereocenters. The molecule has 0 aliphatic carbocycles. The molecule has 2 rings (SSSR count). The summed E-state index contributed by atoms with van der Waals surface area (Å²) in [4.78, 5) is 22.9. The standard InChI is InChI=1S/C15H20ClN5O3/c1-9-13(16)10(2)20(19-9)6-4-5-17-14(22)12-7-18-21(8-12)11(3)15(23)24/h7-8,11H,4-6H2,1-3H3,(H,17,22)(H,23,24). The van der Waals surface area contributed by atoms with Crippen molar-refractivity contribution in [3.8, 4) is 0 Å². The third-order valence-corrected chi connectivity index (χ3v) is 4.29. The summed E-state index contributed by atoms with van der Waals surface area (Å²) >= 11 is 6.09. The molecule has 24 heavy (non-hydrogen) atoms. The van der Waals surface area contributed by atoms with Crippen LogP contribution in [0, 0.1) is 13.8 Å². The summed E-state index contributed by atoms with van der Waals surface area (Å²) in [5, 5.41) is 20.6. The van der Waals surface area contributed by atoms with E-state index in [-0.39, 0.29) is 5.91 Å². The summed E-state index contributed by atoms with van der Waals surface area (Å²) in [5.74, 6) is -1.29. The monoisotopic (exact) mass is 353 g/mol. The van der Waals surface area contributed by atoms with Crippen molar-refractivity contribution in [3.63, 3.8) is 0 Å². The number of aromatic nitrogens is 4. The van der Waals surface area contributed by atoms with Crippen molar-refractivity contribution in [2.75, 3.05) is 6.54 Å². The van der Waals surface area contributed by atoms with Crippen LogP contribution in [-0.4, -0.2) is 43.1 Å². The quantitative estimate of drug-likeness (QED) is 0.739. The van der Waals surface area contributed by atoms with Crippen molar-refractivity contribution in [2.45, 2.75) is 39.8 Å². The van der Waals surface area contributed by atoms with Crippen molar-refractivity contribution in [1.82, 2.24) is 24.9 Å². The predicted octanol–water partition coefficient (Wildman–Crippen LogP) is 1.82. The molecule has 0 saturated carbocycles. The number of carboxylic acids is 1. The lowest BCUT2D eigenvalue weighted by Gasteiger charge is -2.06. The third-order valence-electron chi connectivity index (χ3n) is 3.74. The van der Waals surface area contributed by atoms with Gasteiger partial charge in [-0.2, -0.15) is 10.2 Å². The fraction of sp³-hybridized carbons (Fsp3) is 0.467. The molecule has 0 bridgehead atoms. The van der Waals surface area contributed by atoms with Crippen LogP contribution in [0.1, 0.15) is 41.1 Å². The maximum Gasteiger partial charge on any atom is 0.328 e. The Labute approximate surface area is 144 Å². The normalized spacial score (nSPS) is 12.2. The van der Waals surface area contributed by atoms with Crippen LogP contribution in [0.25, 0.3) is 0 Å². The number of carbonyl (C=O) groups excluding carboxylic acids is 1. The van der Waals surface area contributed by atoms with Gasteiger partial charge in [-0.15, -0.1) is 0 Å². The van der Waals surface area contributed by atoms with E-state index in [1.54, 1.807) is 0 Å². The molecular weight excluding hydrogens is 334 g/mol. The number of nitrogens with zero attached hydrogens (tertiary/aromatic N) is 4. The molecule has 0 spiro atoms. The van der Waals surface area contributed by atoms with Crippen molar-refractivity contribution < 1.29 is 14.7 Å². The number of halogens is 1. The molecule has 0 fully saturated rings. The van der Waals surface area contributed by atoms with Crippen LogP contribution in [-0.2, 0) is 11.3 Å². The molecule has 1 unspecified atom stereocenters. The van der Waals surface area contributed by atoms with E-state index < -0.39 is 12.0 Å². The van der Waals surface area contributed by atoms with Gasteiger partial charge in [0.2, 0.25) is 0 Å². The average molecular weight is 354 g/mol. The summed E-state index contributed by atoms with van der Waals surface area (Å²) in [7, 11) is 0. The molecule has 0 saturated heterocycles. The van der Waals surface area contributed by atoms with Crippen LogP contribution >= 0.6 is 11.6 Å². The van der Waals surface area contributed by atoms with Crippen molar-refractivity contribution in [3.05, 3.63) is 34.4 Å². The highest BCUT2D eigenvalue weighted by atomic mass is 35.5. The highest BCUT2D eigenvalue weighted by Gasteiger charge is 2.16. The van der Waals surface area contributed by atoms with Crippen molar-refractivity contribution in [2.24, 2.45) is 0 Å². The zero-order chi connectivity index (χ0) is 17.9. The van der Waals surface area contributed by atoms with E-state index in [2.05, 4.69) is 15.5 Å². The molecule has 0 aliphatic heterocycles. The van der Waals surface area contributed by atoms with Crippen LogP contribution in [0.5, 0.6) is 0 Å². The van der Waals surface area contributed by atoms with Crippen LogP contribution in [0.2, 0.25) is 5.02 Å². The number of hydrogen-bond donors (Lipinski definition) is 2. The first-order valence-electron chi connectivity index (χ1n) is 7.56. The molecule has 2 heterocycles. The zero-order valence-corrected chi connectivity index (χ0v) is 14.5. The topological polar surface area (TPSA) is 102 Å². The largest absolute Gasteiger partial charge is 0.480 e. The first-order valence-corrected chi connectivity index (χ1v) is 7.93. The molecule has 1 amide bonds. The first kappa shape index (κ1) is 18.0. The lowest BCUT2D eigenvalue weighted by Crippen LogP contribution is -2.25. The lowest BCUT2D eigenvalue weighted by atomic mass is 10.3. The van der Waals surface area contributed by atoms with Gasteiger partial charge in [0.25, 0.3) is 5.91 Å². The van der Waals surface area contributed by atoms with E-state index in [0.717, 1.165) is 11.4 Å². The molecular formula is C15H20ClN5O3. The van der Waals surface area contributed by atoms with Gasteiger partial charge >= 0.3 is 5.97 Å². The maximum absolute atomic E-state index is 12.0. The van der Waals surface area contributed by atoms with Gasteiger partial charge in [-0.05, 0) is 27.2 Å². The minimum atomic E-state index is -1.01. The number of nitrogens with one attached hydrogen (secondary N) is 1. The van der Waals surface area contributed by atoms with Crippen LogP contribution < -0.4 is 5.32 Å². The Morgan fingerprint density at radius 2 is 2.12 bits per heavy atom. The van der Waals surface area contributed by atoms with Crippen LogP contribution in [0.15, 0.2) is 12.4 Å². The van der Waals surface area contributed by atoms with E-state index in [9.17, 15) is 9.59 Å². The maximum atomic E-state index is 12.0. The Morgan fingerprint density at radius 3 is 2.71 bits per heavy atom. The summed E-state index contributed by atoms with van der Waals surface area (Å²) in [6.07, 6.45) is 3.48. The molecule has 0 aliphatic rings. The number of amides is 1. The Kier molecular flexibility index (Phi) is 5.61. The van der Waals surface area contributed by atoms with Crippen LogP contribution in [0.3, 0.4) is 0 Å². The second-order valence-electron chi connectivity index (χ2n) is 5.54. The van der Waals surface area contributed by atoms with E-state index >= 15 is 0 Å². The fourth-order valence-corrected chi connectivity index (χ4v) is 2.34. The smallest absolute Gasteiger partial charge is 0.328 e. The number of hydrogen-bond acceptors (Lipinski definition) is 4. The Balaban J connectivity index is 1.83. The number of carbonyl (C=O) groups is 2. The highest BCUT2D eigenvalue weighted by molar-refractivity contribution is 6.31. The SMILES string of the molecule is Cc1nn(CCCNC(=O)c2cnn(C(C)C(=O)O)c2)c(C)c1Cl. The van der Waals surface area contributed by atoms with Gasteiger partial charge in [-0.1, -0.05) is 11.6 Å². The highest BCUT2D eigenvalue weighted by Crippen LogP contribution is 2.18. The molecule has 2 N–H and O–H groups in total. The Bertz CT molecular complexity index is 752. The van der Waals surface area contributed by atoms with Crippen molar-refractivity contribution in [1.29, 1.82) is 0 Å². The molecule has 2 aromatic heterocycles. The summed E-state index contributed by atoms with van der Waals surface area (Å²) < 4.78 is 3.06. The summed E-state index contributed by atoms with van der Waals surface area (Å²) in [5.41, 5.74) is 2.03. The molecule has 9 heteroatoms.